The second-order valence-electron chi connectivity index (χ2n) is 4.10. The number of hydrogen-bond donors (Lipinski definition) is 2. The number of nitriles is 1. The summed E-state index contributed by atoms with van der Waals surface area (Å²) in [6.45, 7) is 3.91. The van der Waals surface area contributed by atoms with E-state index in [4.69, 9.17) is 10.00 Å². The normalized spacial score (nSPS) is 9.72. The van der Waals surface area contributed by atoms with Crippen LogP contribution in [0.3, 0.4) is 0 Å². The number of rotatable bonds is 5. The first-order valence-electron chi connectivity index (χ1n) is 5.68. The van der Waals surface area contributed by atoms with Crippen molar-refractivity contribution in [3.8, 4) is 11.8 Å². The molecule has 0 aliphatic carbocycles. The highest BCUT2D eigenvalue weighted by Crippen LogP contribution is 2.21. The molecule has 0 aliphatic rings. The van der Waals surface area contributed by atoms with E-state index in [2.05, 4.69) is 16.7 Å². The van der Waals surface area contributed by atoms with Crippen molar-refractivity contribution in [1.29, 1.82) is 5.26 Å². The fraction of sp³-hybridized carbons (Fsp3) is 0.385. The van der Waals surface area contributed by atoms with Gasteiger partial charge in [-0.3, -0.25) is 4.79 Å². The van der Waals surface area contributed by atoms with Gasteiger partial charge in [-0.05, 0) is 26.0 Å². The van der Waals surface area contributed by atoms with E-state index in [1.54, 1.807) is 25.3 Å². The third kappa shape index (κ3) is 3.98. The Balaban J connectivity index is 2.71. The van der Waals surface area contributed by atoms with E-state index >= 15 is 0 Å². The van der Waals surface area contributed by atoms with E-state index in [0.717, 1.165) is 0 Å². The zero-order valence-electron chi connectivity index (χ0n) is 10.8. The summed E-state index contributed by atoms with van der Waals surface area (Å²) in [5.41, 5.74) is 1.07. The molecule has 0 saturated heterocycles. The molecule has 0 spiro atoms. The Hall–Kier alpha value is -2.22. The number of nitrogens with zero attached hydrogens (tertiary/aromatic N) is 1. The maximum Gasteiger partial charge on any atom is 0.239 e. The number of hydrogen-bond acceptors (Lipinski definition) is 4. The second-order valence-corrected chi connectivity index (χ2v) is 4.10. The Morgan fingerprint density at radius 1 is 1.50 bits per heavy atom. The van der Waals surface area contributed by atoms with Gasteiger partial charge in [0, 0.05) is 12.1 Å². The lowest BCUT2D eigenvalue weighted by molar-refractivity contribution is -0.119. The van der Waals surface area contributed by atoms with Crippen molar-refractivity contribution >= 4 is 11.6 Å². The first kappa shape index (κ1) is 13.8. The van der Waals surface area contributed by atoms with E-state index in [9.17, 15) is 4.79 Å². The first-order chi connectivity index (χ1) is 8.56. The summed E-state index contributed by atoms with van der Waals surface area (Å²) < 4.78 is 5.08. The molecule has 0 atom stereocenters. The quantitative estimate of drug-likeness (QED) is 0.827. The van der Waals surface area contributed by atoms with Gasteiger partial charge >= 0.3 is 0 Å². The predicted octanol–water partition coefficient (Wildman–Crippen LogP) is 1.50. The van der Waals surface area contributed by atoms with Gasteiger partial charge in [-0.25, -0.2) is 0 Å². The molecule has 2 N–H and O–H groups in total. The molecule has 0 fully saturated rings. The molecule has 5 nitrogen and oxygen atoms in total. The predicted molar refractivity (Wildman–Crippen MR) is 69.5 cm³/mol. The van der Waals surface area contributed by atoms with Crippen LogP contribution in [0.15, 0.2) is 18.2 Å². The molecule has 1 rings (SSSR count). The summed E-state index contributed by atoms with van der Waals surface area (Å²) in [5.74, 6) is 0.525. The SMILES string of the molecule is COc1ccc(C#N)c(NCC(=O)NC(C)C)c1. The van der Waals surface area contributed by atoms with E-state index in [1.165, 1.54) is 0 Å². The van der Waals surface area contributed by atoms with Crippen LogP contribution in [0.4, 0.5) is 5.69 Å². The third-order valence-electron chi connectivity index (χ3n) is 2.24. The fourth-order valence-corrected chi connectivity index (χ4v) is 1.44. The van der Waals surface area contributed by atoms with Crippen molar-refractivity contribution in [2.24, 2.45) is 0 Å². The number of carbonyl (C=O) groups excluding carboxylic acids is 1. The highest BCUT2D eigenvalue weighted by atomic mass is 16.5. The summed E-state index contributed by atoms with van der Waals surface area (Å²) in [5, 5.41) is 14.7. The van der Waals surface area contributed by atoms with Crippen LogP contribution in [0.1, 0.15) is 19.4 Å². The topological polar surface area (TPSA) is 74.1 Å². The zero-order chi connectivity index (χ0) is 13.5. The molecule has 1 amide bonds. The molecule has 0 aliphatic heterocycles. The molecule has 0 radical (unpaired) electrons. The Morgan fingerprint density at radius 3 is 2.78 bits per heavy atom. The van der Waals surface area contributed by atoms with Crippen molar-refractivity contribution < 1.29 is 9.53 Å². The van der Waals surface area contributed by atoms with Crippen molar-refractivity contribution in [3.05, 3.63) is 23.8 Å². The number of methoxy groups -OCH3 is 1. The maximum absolute atomic E-state index is 11.5. The Labute approximate surface area is 107 Å². The number of ether oxygens (including phenoxy) is 1. The minimum Gasteiger partial charge on any atom is -0.497 e. The van der Waals surface area contributed by atoms with Crippen LogP contribution >= 0.6 is 0 Å². The highest BCUT2D eigenvalue weighted by Gasteiger charge is 2.07. The van der Waals surface area contributed by atoms with Gasteiger partial charge in [0.05, 0.1) is 24.9 Å². The lowest BCUT2D eigenvalue weighted by atomic mass is 10.2. The zero-order valence-corrected chi connectivity index (χ0v) is 10.8. The molecular weight excluding hydrogens is 230 g/mol. The van der Waals surface area contributed by atoms with Gasteiger partial charge in [0.1, 0.15) is 11.8 Å². The molecule has 1 aromatic carbocycles. The van der Waals surface area contributed by atoms with Crippen LogP contribution < -0.4 is 15.4 Å². The van der Waals surface area contributed by atoms with Gasteiger partial charge in [-0.2, -0.15) is 5.26 Å². The first-order valence-corrected chi connectivity index (χ1v) is 5.68. The summed E-state index contributed by atoms with van der Waals surface area (Å²) in [6, 6.07) is 7.22. The summed E-state index contributed by atoms with van der Waals surface area (Å²) in [7, 11) is 1.55. The molecule has 0 unspecified atom stereocenters. The van der Waals surface area contributed by atoms with Crippen LogP contribution in [0, 0.1) is 11.3 Å². The minimum absolute atomic E-state index is 0.0973. The van der Waals surface area contributed by atoms with Crippen LogP contribution in [-0.4, -0.2) is 25.6 Å². The van der Waals surface area contributed by atoms with E-state index < -0.39 is 0 Å². The smallest absolute Gasteiger partial charge is 0.239 e. The molecule has 5 heteroatoms. The number of anilines is 1. The average Bonchev–Trinajstić information content (AvgIpc) is 2.35. The van der Waals surface area contributed by atoms with Crippen molar-refractivity contribution in [3.63, 3.8) is 0 Å². The standard InChI is InChI=1S/C13H17N3O2/c1-9(2)16-13(17)8-15-12-6-11(18-3)5-4-10(12)7-14/h4-6,9,15H,8H2,1-3H3,(H,16,17). The second kappa shape index (κ2) is 6.50. The largest absolute Gasteiger partial charge is 0.497 e. The average molecular weight is 247 g/mol. The lowest BCUT2D eigenvalue weighted by Gasteiger charge is -2.11. The Bertz CT molecular complexity index is 464. The van der Waals surface area contributed by atoms with Crippen LogP contribution in [-0.2, 0) is 4.79 Å². The van der Waals surface area contributed by atoms with Crippen LogP contribution in [0.5, 0.6) is 5.75 Å². The van der Waals surface area contributed by atoms with Gasteiger partial charge in [0.2, 0.25) is 5.91 Å². The fourth-order valence-electron chi connectivity index (χ4n) is 1.44. The molecule has 0 saturated carbocycles. The molecule has 1 aromatic rings. The molecule has 18 heavy (non-hydrogen) atoms. The van der Waals surface area contributed by atoms with Gasteiger partial charge in [0.25, 0.3) is 0 Å². The molecule has 0 heterocycles. The van der Waals surface area contributed by atoms with Crippen LogP contribution in [0.25, 0.3) is 0 Å². The van der Waals surface area contributed by atoms with E-state index in [1.807, 2.05) is 13.8 Å². The van der Waals surface area contributed by atoms with Gasteiger partial charge in [-0.1, -0.05) is 0 Å². The summed E-state index contributed by atoms with van der Waals surface area (Å²) >= 11 is 0. The molecule has 0 bridgehead atoms. The van der Waals surface area contributed by atoms with E-state index in [0.29, 0.717) is 17.0 Å². The third-order valence-corrected chi connectivity index (χ3v) is 2.24. The molecule has 96 valence electrons. The number of nitrogens with one attached hydrogen (secondary N) is 2. The van der Waals surface area contributed by atoms with Gasteiger partial charge in [-0.15, -0.1) is 0 Å². The maximum atomic E-state index is 11.5. The van der Waals surface area contributed by atoms with Gasteiger partial charge in [0.15, 0.2) is 0 Å². The number of amides is 1. The number of benzene rings is 1. The monoisotopic (exact) mass is 247 g/mol. The van der Waals surface area contributed by atoms with Gasteiger partial charge < -0.3 is 15.4 Å². The highest BCUT2D eigenvalue weighted by molar-refractivity contribution is 5.81. The van der Waals surface area contributed by atoms with Crippen molar-refractivity contribution in [2.45, 2.75) is 19.9 Å². The summed E-state index contributed by atoms with van der Waals surface area (Å²) in [6.07, 6.45) is 0. The van der Waals surface area contributed by atoms with E-state index in [-0.39, 0.29) is 18.5 Å². The number of carbonyl (C=O) groups is 1. The van der Waals surface area contributed by atoms with Crippen molar-refractivity contribution in [2.75, 3.05) is 19.0 Å². The summed E-state index contributed by atoms with van der Waals surface area (Å²) in [4.78, 5) is 11.5. The molecular formula is C13H17N3O2. The Morgan fingerprint density at radius 2 is 2.22 bits per heavy atom. The molecule has 0 aromatic heterocycles. The van der Waals surface area contributed by atoms with Crippen molar-refractivity contribution in [1.82, 2.24) is 5.32 Å². The van der Waals surface area contributed by atoms with Crippen LogP contribution in [0.2, 0.25) is 0 Å². The minimum atomic E-state index is -0.114. The lowest BCUT2D eigenvalue weighted by Crippen LogP contribution is -2.34. The Kier molecular flexibility index (Phi) is 5.00.